The smallest absolute Gasteiger partial charge is 0.418 e. The Balaban J connectivity index is 1.58. The predicted octanol–water partition coefficient (Wildman–Crippen LogP) is 3.94. The van der Waals surface area contributed by atoms with Gasteiger partial charge in [0.1, 0.15) is 0 Å². The second-order valence-electron chi connectivity index (χ2n) is 9.56. The Morgan fingerprint density at radius 3 is 2.48 bits per heavy atom. The summed E-state index contributed by atoms with van der Waals surface area (Å²) in [5.41, 5.74) is -1.67. The molecule has 2 saturated heterocycles. The Kier molecular flexibility index (Phi) is 6.24. The quantitative estimate of drug-likeness (QED) is 0.701. The normalized spacial score (nSPS) is 28.5. The van der Waals surface area contributed by atoms with Crippen LogP contribution in [0.1, 0.15) is 50.5 Å². The molecule has 3 fully saturated rings. The van der Waals surface area contributed by atoms with Crippen LogP contribution in [0.5, 0.6) is 0 Å². The number of nitrogens with zero attached hydrogens (tertiary/aromatic N) is 3. The zero-order valence-electron chi connectivity index (χ0n) is 18.6. The van der Waals surface area contributed by atoms with Gasteiger partial charge in [-0.25, -0.2) is 4.79 Å². The van der Waals surface area contributed by atoms with Crippen molar-refractivity contribution in [2.24, 2.45) is 5.41 Å². The number of carbonyl (C=O) groups is 2. The van der Waals surface area contributed by atoms with Crippen molar-refractivity contribution in [2.75, 3.05) is 36.5 Å². The number of alkyl halides is 3. The van der Waals surface area contributed by atoms with Crippen LogP contribution in [0.4, 0.5) is 29.3 Å². The van der Waals surface area contributed by atoms with Gasteiger partial charge in [0.25, 0.3) is 0 Å². The van der Waals surface area contributed by atoms with Gasteiger partial charge in [0.05, 0.1) is 17.1 Å². The first-order valence-electron chi connectivity index (χ1n) is 11.4. The third-order valence-electron chi connectivity index (χ3n) is 7.53. The van der Waals surface area contributed by atoms with Crippen molar-refractivity contribution in [1.82, 2.24) is 4.90 Å². The van der Waals surface area contributed by atoms with E-state index in [4.69, 9.17) is 5.11 Å². The second-order valence-corrected chi connectivity index (χ2v) is 9.56. The number of benzene rings is 1. The van der Waals surface area contributed by atoms with Crippen molar-refractivity contribution in [3.05, 3.63) is 23.8 Å². The molecule has 7 nitrogen and oxygen atoms in total. The van der Waals surface area contributed by atoms with Crippen LogP contribution in [0, 0.1) is 5.41 Å². The van der Waals surface area contributed by atoms with Crippen LogP contribution in [0.15, 0.2) is 18.2 Å². The van der Waals surface area contributed by atoms with E-state index in [1.165, 1.54) is 19.2 Å². The third kappa shape index (κ3) is 4.49. The lowest BCUT2D eigenvalue weighted by atomic mass is 9.78. The number of aliphatic hydroxyl groups is 1. The summed E-state index contributed by atoms with van der Waals surface area (Å²) in [4.78, 5) is 29.0. The highest BCUT2D eigenvalue weighted by molar-refractivity contribution is 5.87. The van der Waals surface area contributed by atoms with Gasteiger partial charge in [-0.05, 0) is 63.1 Å². The minimum absolute atomic E-state index is 0.0175. The summed E-state index contributed by atoms with van der Waals surface area (Å²) in [6.45, 7) is 1.22. The van der Waals surface area contributed by atoms with Gasteiger partial charge in [-0.1, -0.05) is 0 Å². The van der Waals surface area contributed by atoms with Crippen LogP contribution in [-0.4, -0.2) is 65.9 Å². The molecule has 1 spiro atoms. The average molecular weight is 470 g/mol. The molecule has 2 heterocycles. The fraction of sp³-hybridized carbons (Fsp3) is 0.652. The first-order valence-corrected chi connectivity index (χ1v) is 11.4. The summed E-state index contributed by atoms with van der Waals surface area (Å²) in [5.74, 6) is 0.0179. The average Bonchev–Trinajstić information content (AvgIpc) is 3.08. The highest BCUT2D eigenvalue weighted by Crippen LogP contribution is 2.46. The Bertz CT molecular complexity index is 917. The van der Waals surface area contributed by atoms with Gasteiger partial charge in [-0.3, -0.25) is 9.69 Å². The maximum absolute atomic E-state index is 13.9. The summed E-state index contributed by atoms with van der Waals surface area (Å²) in [7, 11) is 1.20. The predicted molar refractivity (Wildman–Crippen MR) is 116 cm³/mol. The monoisotopic (exact) mass is 469 g/mol. The van der Waals surface area contributed by atoms with Gasteiger partial charge in [0.2, 0.25) is 5.91 Å². The molecule has 1 saturated carbocycles. The molecule has 10 heteroatoms. The lowest BCUT2D eigenvalue weighted by Crippen LogP contribution is -2.50. The highest BCUT2D eigenvalue weighted by atomic mass is 19.4. The Morgan fingerprint density at radius 1 is 1.15 bits per heavy atom. The fourth-order valence-corrected chi connectivity index (χ4v) is 5.63. The van der Waals surface area contributed by atoms with Crippen molar-refractivity contribution in [1.29, 1.82) is 0 Å². The molecule has 2 aliphatic heterocycles. The molecule has 2 N–H and O–H groups in total. The lowest BCUT2D eigenvalue weighted by Gasteiger charge is -2.42. The van der Waals surface area contributed by atoms with E-state index in [-0.39, 0.29) is 36.0 Å². The molecule has 182 valence electrons. The molecule has 33 heavy (non-hydrogen) atoms. The van der Waals surface area contributed by atoms with Crippen molar-refractivity contribution in [3.8, 4) is 0 Å². The molecular weight excluding hydrogens is 439 g/mol. The van der Waals surface area contributed by atoms with Crippen LogP contribution < -0.4 is 9.80 Å². The number of hydrogen-bond acceptors (Lipinski definition) is 4. The van der Waals surface area contributed by atoms with E-state index < -0.39 is 23.2 Å². The largest absolute Gasteiger partial charge is 0.465 e. The van der Waals surface area contributed by atoms with Gasteiger partial charge in [0, 0.05) is 44.1 Å². The molecular formula is C23H30F3N3O4. The molecule has 0 bridgehead atoms. The van der Waals surface area contributed by atoms with Crippen LogP contribution in [0.2, 0.25) is 0 Å². The zero-order valence-corrected chi connectivity index (χ0v) is 18.6. The molecule has 4 rings (SSSR count). The number of carbonyl (C=O) groups excluding carboxylic acids is 1. The van der Waals surface area contributed by atoms with Crippen LogP contribution >= 0.6 is 0 Å². The number of aliphatic hydroxyl groups excluding tert-OH is 1. The van der Waals surface area contributed by atoms with E-state index in [1.54, 1.807) is 4.90 Å². The van der Waals surface area contributed by atoms with Gasteiger partial charge in [0.15, 0.2) is 0 Å². The van der Waals surface area contributed by atoms with Gasteiger partial charge in [-0.2, -0.15) is 13.2 Å². The molecule has 2 amide bonds. The number of carboxylic acid groups (broad SMARTS) is 1. The molecule has 3 aliphatic rings. The summed E-state index contributed by atoms with van der Waals surface area (Å²) in [6.07, 6.45) is -1.62. The third-order valence-corrected chi connectivity index (χ3v) is 7.53. The summed E-state index contributed by atoms with van der Waals surface area (Å²) < 4.78 is 41.8. The number of piperidine rings is 1. The Morgan fingerprint density at radius 2 is 1.85 bits per heavy atom. The number of hydrogen-bond donors (Lipinski definition) is 2. The van der Waals surface area contributed by atoms with E-state index in [0.29, 0.717) is 45.2 Å². The number of rotatable bonds is 3. The molecule has 1 aromatic rings. The number of anilines is 2. The van der Waals surface area contributed by atoms with E-state index >= 15 is 0 Å². The molecule has 1 aromatic carbocycles. The van der Waals surface area contributed by atoms with E-state index in [9.17, 15) is 27.9 Å². The van der Waals surface area contributed by atoms with Gasteiger partial charge >= 0.3 is 12.3 Å². The first-order chi connectivity index (χ1) is 15.5. The number of halogens is 3. The topological polar surface area (TPSA) is 84.3 Å². The van der Waals surface area contributed by atoms with Gasteiger partial charge < -0.3 is 20.0 Å². The summed E-state index contributed by atoms with van der Waals surface area (Å²) in [6, 6.07) is 3.64. The van der Waals surface area contributed by atoms with Crippen LogP contribution in [-0.2, 0) is 11.0 Å². The zero-order chi connectivity index (χ0) is 24.0. The maximum atomic E-state index is 13.9. The van der Waals surface area contributed by atoms with Crippen LogP contribution in [0.25, 0.3) is 0 Å². The van der Waals surface area contributed by atoms with E-state index in [0.717, 1.165) is 23.8 Å². The molecule has 0 radical (unpaired) electrons. The maximum Gasteiger partial charge on any atom is 0.418 e. The minimum atomic E-state index is -4.66. The summed E-state index contributed by atoms with van der Waals surface area (Å²) in [5, 5.41) is 18.9. The Labute approximate surface area is 190 Å². The number of amides is 2. The Hall–Kier alpha value is -2.49. The van der Waals surface area contributed by atoms with Crippen molar-refractivity contribution in [2.45, 2.75) is 63.3 Å². The first kappa shape index (κ1) is 23.7. The van der Waals surface area contributed by atoms with Crippen molar-refractivity contribution in [3.63, 3.8) is 0 Å². The molecule has 1 aliphatic carbocycles. The van der Waals surface area contributed by atoms with E-state index in [2.05, 4.69) is 0 Å². The molecule has 1 atom stereocenters. The van der Waals surface area contributed by atoms with Gasteiger partial charge in [-0.15, -0.1) is 0 Å². The summed E-state index contributed by atoms with van der Waals surface area (Å²) >= 11 is 0. The van der Waals surface area contributed by atoms with Crippen LogP contribution in [0.3, 0.4) is 0 Å². The highest BCUT2D eigenvalue weighted by Gasteiger charge is 2.51. The standard InChI is InChI=1S/C23H30F3N3O4/c1-27(21(32)33)16-5-8-19(18(13-16)23(24,25)26)28-11-2-9-22(14-28)10-12-29(20(22)31)15-3-6-17(30)7-4-15/h5,8,13,15,17,30H,2-4,6-7,9-12,14H2,1H3,(H,32,33). The lowest BCUT2D eigenvalue weighted by molar-refractivity contribution is -0.139. The van der Waals surface area contributed by atoms with E-state index in [1.807, 2.05) is 4.90 Å². The fourth-order valence-electron chi connectivity index (χ4n) is 5.63. The number of likely N-dealkylation sites (tertiary alicyclic amines) is 1. The molecule has 0 aromatic heterocycles. The SMILES string of the molecule is CN(C(=O)O)c1ccc(N2CCCC3(CCN(C4CCC(O)CC4)C3=O)C2)c(C(F)(F)F)c1. The molecule has 1 unspecified atom stereocenters. The second kappa shape index (κ2) is 8.70. The van der Waals surface area contributed by atoms with Crippen molar-refractivity contribution < 1.29 is 33.0 Å². The minimum Gasteiger partial charge on any atom is -0.465 e. The van der Waals surface area contributed by atoms with Crippen molar-refractivity contribution >= 4 is 23.4 Å².